The molecule has 0 saturated heterocycles. The standard InChI is InChI=1S/C15H23NOS/c1-2-3-4-5-6-9-12-16-13-14-10-7-8-11-15(14)18(16)17/h7-8,10-11H,2-6,9,12-13H2,1H3. The zero-order valence-corrected chi connectivity index (χ0v) is 12.0. The van der Waals surface area contributed by atoms with E-state index in [0.717, 1.165) is 18.0 Å². The first-order chi connectivity index (χ1) is 8.83. The number of rotatable bonds is 7. The molecule has 0 fully saturated rings. The Kier molecular flexibility index (Phi) is 5.54. The average molecular weight is 265 g/mol. The second-order valence-corrected chi connectivity index (χ2v) is 6.44. The van der Waals surface area contributed by atoms with Crippen LogP contribution in [0.15, 0.2) is 29.2 Å². The van der Waals surface area contributed by atoms with Crippen molar-refractivity contribution < 1.29 is 4.55 Å². The molecule has 0 spiro atoms. The van der Waals surface area contributed by atoms with Gasteiger partial charge in [0.2, 0.25) is 0 Å². The molecule has 3 heteroatoms. The molecule has 0 N–H and O–H groups in total. The highest BCUT2D eigenvalue weighted by molar-refractivity contribution is 7.89. The lowest BCUT2D eigenvalue weighted by Crippen LogP contribution is -2.25. The molecule has 100 valence electrons. The van der Waals surface area contributed by atoms with E-state index in [2.05, 4.69) is 17.3 Å². The summed E-state index contributed by atoms with van der Waals surface area (Å²) in [6, 6.07) is 8.09. The van der Waals surface area contributed by atoms with E-state index < -0.39 is 11.4 Å². The minimum atomic E-state index is -0.911. The molecular weight excluding hydrogens is 242 g/mol. The third kappa shape index (κ3) is 3.50. The van der Waals surface area contributed by atoms with Gasteiger partial charge in [0.05, 0.1) is 17.9 Å². The van der Waals surface area contributed by atoms with Gasteiger partial charge in [0.15, 0.2) is 4.90 Å². The molecule has 0 bridgehead atoms. The second-order valence-electron chi connectivity index (χ2n) is 4.99. The van der Waals surface area contributed by atoms with Crippen LogP contribution in [0.1, 0.15) is 51.0 Å². The van der Waals surface area contributed by atoms with Crippen LogP contribution < -0.4 is 0 Å². The first-order valence-electron chi connectivity index (χ1n) is 7.07. The van der Waals surface area contributed by atoms with E-state index in [1.54, 1.807) is 0 Å². The number of hydrogen-bond acceptors (Lipinski definition) is 2. The fraction of sp³-hybridized carbons (Fsp3) is 0.600. The first-order valence-corrected chi connectivity index (χ1v) is 8.18. The Morgan fingerprint density at radius 1 is 1.11 bits per heavy atom. The van der Waals surface area contributed by atoms with Gasteiger partial charge >= 0.3 is 0 Å². The average Bonchev–Trinajstić information content (AvgIpc) is 2.71. The summed E-state index contributed by atoms with van der Waals surface area (Å²) in [4.78, 5) is 1.02. The largest absolute Gasteiger partial charge is 0.593 e. The summed E-state index contributed by atoms with van der Waals surface area (Å²) < 4.78 is 14.3. The normalized spacial score (nSPS) is 19.1. The summed E-state index contributed by atoms with van der Waals surface area (Å²) in [5.74, 6) is 0. The molecule has 1 aliphatic rings. The highest BCUT2D eigenvalue weighted by atomic mass is 32.2. The van der Waals surface area contributed by atoms with E-state index in [1.807, 2.05) is 18.2 Å². The molecule has 0 aliphatic carbocycles. The lowest BCUT2D eigenvalue weighted by atomic mass is 10.1. The SMILES string of the molecule is CCCCCCCCN1Cc2ccccc2[S+]1[O-]. The van der Waals surface area contributed by atoms with Crippen molar-refractivity contribution in [3.63, 3.8) is 0 Å². The van der Waals surface area contributed by atoms with Crippen LogP contribution in [-0.2, 0) is 17.9 Å². The van der Waals surface area contributed by atoms with Gasteiger partial charge in [-0.05, 0) is 12.5 Å². The summed E-state index contributed by atoms with van der Waals surface area (Å²) in [6.45, 7) is 4.07. The predicted octanol–water partition coefficient (Wildman–Crippen LogP) is 3.89. The molecule has 0 aromatic heterocycles. The predicted molar refractivity (Wildman–Crippen MR) is 76.6 cm³/mol. The summed E-state index contributed by atoms with van der Waals surface area (Å²) >= 11 is -0.911. The Morgan fingerprint density at radius 3 is 2.61 bits per heavy atom. The highest BCUT2D eigenvalue weighted by Crippen LogP contribution is 2.29. The molecule has 1 atom stereocenters. The van der Waals surface area contributed by atoms with Crippen molar-refractivity contribution in [1.29, 1.82) is 0 Å². The second kappa shape index (κ2) is 7.17. The maximum absolute atomic E-state index is 12.2. The molecule has 0 radical (unpaired) electrons. The van der Waals surface area contributed by atoms with E-state index in [1.165, 1.54) is 44.1 Å². The van der Waals surface area contributed by atoms with Gasteiger partial charge in [-0.2, -0.15) is 0 Å². The topological polar surface area (TPSA) is 26.3 Å². The van der Waals surface area contributed by atoms with E-state index in [4.69, 9.17) is 0 Å². The van der Waals surface area contributed by atoms with Crippen molar-refractivity contribution in [1.82, 2.24) is 4.31 Å². The third-order valence-electron chi connectivity index (χ3n) is 3.50. The molecule has 1 aromatic rings. The van der Waals surface area contributed by atoms with E-state index >= 15 is 0 Å². The van der Waals surface area contributed by atoms with Gasteiger partial charge in [0.25, 0.3) is 0 Å². The Labute approximate surface area is 114 Å². The summed E-state index contributed by atoms with van der Waals surface area (Å²) in [6.07, 6.45) is 7.75. The molecule has 0 amide bonds. The zero-order chi connectivity index (χ0) is 12.8. The molecule has 2 nitrogen and oxygen atoms in total. The molecule has 1 heterocycles. The van der Waals surface area contributed by atoms with E-state index in [9.17, 15) is 4.55 Å². The maximum Gasteiger partial charge on any atom is 0.178 e. The van der Waals surface area contributed by atoms with Crippen molar-refractivity contribution >= 4 is 11.4 Å². The summed E-state index contributed by atoms with van der Waals surface area (Å²) in [5.41, 5.74) is 1.24. The molecule has 1 aliphatic heterocycles. The molecular formula is C15H23NOS. The van der Waals surface area contributed by atoms with Crippen LogP contribution in [0.4, 0.5) is 0 Å². The summed E-state index contributed by atoms with van der Waals surface area (Å²) in [5, 5.41) is 0. The third-order valence-corrected chi connectivity index (χ3v) is 5.06. The molecule has 1 unspecified atom stereocenters. The van der Waals surface area contributed by atoms with Crippen LogP contribution in [0, 0.1) is 0 Å². The minimum Gasteiger partial charge on any atom is -0.593 e. The van der Waals surface area contributed by atoms with Gasteiger partial charge < -0.3 is 4.55 Å². The van der Waals surface area contributed by atoms with Gasteiger partial charge in [-0.3, -0.25) is 0 Å². The Bertz CT molecular complexity index is 369. The van der Waals surface area contributed by atoms with Crippen molar-refractivity contribution in [2.24, 2.45) is 0 Å². The first kappa shape index (κ1) is 13.9. The lowest BCUT2D eigenvalue weighted by Gasteiger charge is -2.16. The number of fused-ring (bicyclic) bond motifs is 1. The minimum absolute atomic E-state index is 0.859. The van der Waals surface area contributed by atoms with Crippen LogP contribution in [0.3, 0.4) is 0 Å². The lowest BCUT2D eigenvalue weighted by molar-refractivity contribution is 0.407. The van der Waals surface area contributed by atoms with Crippen LogP contribution in [-0.4, -0.2) is 15.4 Å². The van der Waals surface area contributed by atoms with Crippen LogP contribution in [0.25, 0.3) is 0 Å². The zero-order valence-electron chi connectivity index (χ0n) is 11.2. The fourth-order valence-electron chi connectivity index (χ4n) is 2.42. The quantitative estimate of drug-likeness (QED) is 0.552. The number of benzene rings is 1. The Hall–Kier alpha value is -0.510. The van der Waals surface area contributed by atoms with Gasteiger partial charge in [0, 0.05) is 12.1 Å². The van der Waals surface area contributed by atoms with Gasteiger partial charge in [0.1, 0.15) is 0 Å². The Morgan fingerprint density at radius 2 is 1.83 bits per heavy atom. The van der Waals surface area contributed by atoms with Crippen molar-refractivity contribution in [3.05, 3.63) is 29.8 Å². The van der Waals surface area contributed by atoms with Crippen LogP contribution in [0.5, 0.6) is 0 Å². The van der Waals surface area contributed by atoms with Crippen molar-refractivity contribution in [2.45, 2.75) is 56.9 Å². The number of unbranched alkanes of at least 4 members (excludes halogenated alkanes) is 5. The van der Waals surface area contributed by atoms with Crippen molar-refractivity contribution in [3.8, 4) is 0 Å². The van der Waals surface area contributed by atoms with Gasteiger partial charge in [-0.15, -0.1) is 4.31 Å². The number of nitrogens with zero attached hydrogens (tertiary/aromatic N) is 1. The van der Waals surface area contributed by atoms with Gasteiger partial charge in [-0.1, -0.05) is 57.2 Å². The molecule has 2 rings (SSSR count). The smallest absolute Gasteiger partial charge is 0.178 e. The van der Waals surface area contributed by atoms with Crippen LogP contribution >= 0.6 is 0 Å². The monoisotopic (exact) mass is 265 g/mol. The number of hydrogen-bond donors (Lipinski definition) is 0. The molecule has 0 saturated carbocycles. The maximum atomic E-state index is 12.2. The van der Waals surface area contributed by atoms with Crippen LogP contribution in [0.2, 0.25) is 0 Å². The van der Waals surface area contributed by atoms with Crippen molar-refractivity contribution in [2.75, 3.05) is 6.54 Å². The Balaban J connectivity index is 1.70. The van der Waals surface area contributed by atoms with Gasteiger partial charge in [-0.25, -0.2) is 0 Å². The molecule has 18 heavy (non-hydrogen) atoms. The van der Waals surface area contributed by atoms with E-state index in [0.29, 0.717) is 0 Å². The molecule has 1 aromatic carbocycles. The van der Waals surface area contributed by atoms with E-state index in [-0.39, 0.29) is 0 Å². The summed E-state index contributed by atoms with van der Waals surface area (Å²) in [7, 11) is 0. The highest BCUT2D eigenvalue weighted by Gasteiger charge is 2.32. The fourth-order valence-corrected chi connectivity index (χ4v) is 3.80.